The van der Waals surface area contributed by atoms with Crippen molar-refractivity contribution in [3.8, 4) is 28.4 Å². The molecule has 5 heterocycles. The van der Waals surface area contributed by atoms with Crippen molar-refractivity contribution in [3.05, 3.63) is 84.7 Å². The molecule has 0 aliphatic carbocycles. The lowest BCUT2D eigenvalue weighted by atomic mass is 9.85. The van der Waals surface area contributed by atoms with E-state index < -0.39 is 5.41 Å². The maximum absolute atomic E-state index is 14.0. The summed E-state index contributed by atoms with van der Waals surface area (Å²) in [4.78, 5) is 37.7. The first kappa shape index (κ1) is 30.1. The first-order valence-electron chi connectivity index (χ1n) is 16.5. The second kappa shape index (κ2) is 12.1. The third kappa shape index (κ3) is 5.43. The van der Waals surface area contributed by atoms with Crippen molar-refractivity contribution in [3.63, 3.8) is 0 Å². The highest BCUT2D eigenvalue weighted by Gasteiger charge is 2.51. The van der Waals surface area contributed by atoms with Crippen LogP contribution in [0.5, 0.6) is 5.75 Å². The molecule has 5 aromatic rings. The lowest BCUT2D eigenvalue weighted by Crippen LogP contribution is -2.43. The summed E-state index contributed by atoms with van der Waals surface area (Å²) in [5.74, 6) is 1.78. The van der Waals surface area contributed by atoms with Crippen LogP contribution in [-0.4, -0.2) is 93.0 Å². The summed E-state index contributed by atoms with van der Waals surface area (Å²) < 4.78 is 7.01. The van der Waals surface area contributed by atoms with Gasteiger partial charge in [-0.05, 0) is 79.4 Å². The molecule has 2 amide bonds. The molecule has 48 heavy (non-hydrogen) atoms. The van der Waals surface area contributed by atoms with E-state index in [4.69, 9.17) is 4.74 Å². The Hall–Kier alpha value is -5.29. The second-order valence-corrected chi connectivity index (χ2v) is 13.1. The van der Waals surface area contributed by atoms with Crippen LogP contribution in [0.1, 0.15) is 24.8 Å². The summed E-state index contributed by atoms with van der Waals surface area (Å²) in [6, 6.07) is 22.2. The van der Waals surface area contributed by atoms with Crippen LogP contribution in [0.4, 0.5) is 5.69 Å². The van der Waals surface area contributed by atoms with Gasteiger partial charge in [0.2, 0.25) is 11.8 Å². The van der Waals surface area contributed by atoms with Gasteiger partial charge in [-0.15, -0.1) is 0 Å². The first-order chi connectivity index (χ1) is 23.4. The minimum Gasteiger partial charge on any atom is -0.497 e. The van der Waals surface area contributed by atoms with Gasteiger partial charge in [0.25, 0.3) is 0 Å². The molecule has 2 fully saturated rings. The van der Waals surface area contributed by atoms with Crippen LogP contribution >= 0.6 is 0 Å². The number of aromatic amines is 1. The Morgan fingerprint density at radius 2 is 1.73 bits per heavy atom. The van der Waals surface area contributed by atoms with Crippen LogP contribution in [-0.2, 0) is 16.6 Å². The van der Waals surface area contributed by atoms with Gasteiger partial charge in [0.05, 0.1) is 30.3 Å². The molecule has 2 aromatic heterocycles. The van der Waals surface area contributed by atoms with E-state index >= 15 is 0 Å². The van der Waals surface area contributed by atoms with Gasteiger partial charge in [0.15, 0.2) is 5.82 Å². The number of likely N-dealkylation sites (tertiary alicyclic amines) is 1. The highest BCUT2D eigenvalue weighted by molar-refractivity contribution is 6.03. The van der Waals surface area contributed by atoms with E-state index in [9.17, 15) is 9.59 Å². The molecule has 3 aliphatic rings. The third-order valence-electron chi connectivity index (χ3n) is 10.2. The van der Waals surface area contributed by atoms with Crippen LogP contribution in [0.25, 0.3) is 39.1 Å². The van der Waals surface area contributed by atoms with Gasteiger partial charge < -0.3 is 14.5 Å². The van der Waals surface area contributed by atoms with E-state index in [1.54, 1.807) is 18.1 Å². The van der Waals surface area contributed by atoms with E-state index in [1.165, 1.54) is 5.57 Å². The first-order valence-corrected chi connectivity index (χ1v) is 16.5. The number of aromatic nitrogens is 5. The number of anilines is 1. The molecule has 11 nitrogen and oxygen atoms in total. The van der Waals surface area contributed by atoms with Crippen molar-refractivity contribution in [2.24, 2.45) is 12.5 Å². The topological polar surface area (TPSA) is 112 Å². The predicted molar refractivity (Wildman–Crippen MR) is 184 cm³/mol. The van der Waals surface area contributed by atoms with Gasteiger partial charge in [-0.3, -0.25) is 24.3 Å². The van der Waals surface area contributed by atoms with E-state index in [1.807, 2.05) is 65.4 Å². The number of H-pyrrole nitrogens is 1. The zero-order chi connectivity index (χ0) is 32.8. The number of nitrogens with one attached hydrogen (secondary N) is 1. The Kier molecular flexibility index (Phi) is 7.55. The summed E-state index contributed by atoms with van der Waals surface area (Å²) >= 11 is 0. The van der Waals surface area contributed by atoms with E-state index in [-0.39, 0.29) is 11.8 Å². The Balaban J connectivity index is 0.893. The van der Waals surface area contributed by atoms with Gasteiger partial charge in [-0.2, -0.15) is 10.2 Å². The molecule has 2 saturated heterocycles. The molecule has 3 aliphatic heterocycles. The monoisotopic (exact) mass is 642 g/mol. The highest BCUT2D eigenvalue weighted by atomic mass is 16.5. The number of ether oxygens (including phenoxy) is 1. The summed E-state index contributed by atoms with van der Waals surface area (Å²) in [5.41, 5.74) is 6.58. The molecule has 0 unspecified atom stereocenters. The zero-order valence-electron chi connectivity index (χ0n) is 27.2. The largest absolute Gasteiger partial charge is 0.497 e. The smallest absolute Gasteiger partial charge is 0.237 e. The maximum atomic E-state index is 14.0. The number of benzene rings is 3. The minimum atomic E-state index is -0.448. The van der Waals surface area contributed by atoms with Crippen molar-refractivity contribution in [2.75, 3.05) is 51.3 Å². The van der Waals surface area contributed by atoms with Crippen molar-refractivity contribution in [1.82, 2.24) is 34.8 Å². The van der Waals surface area contributed by atoms with Gasteiger partial charge in [-0.25, -0.2) is 4.98 Å². The Morgan fingerprint density at radius 3 is 2.46 bits per heavy atom. The average Bonchev–Trinajstić information content (AvgIpc) is 3.92. The molecule has 11 heteroatoms. The molecule has 1 spiro atoms. The standard InChI is InChI=1S/C37H38N8O3/c1-42-24-38-35(41-42)28-5-3-25(4-6-28)26-13-17-44(18-14-26)33(46)22-43-19-15-37(23-43)16-20-45(36(37)47)29-9-12-32-31(21-29)34(40-39-32)27-7-10-30(48-2)11-8-27/h3-13,21,24H,14-20,22-23H2,1-2H3,(H,39,40)/t37-/m0/s1. The van der Waals surface area contributed by atoms with Crippen LogP contribution < -0.4 is 9.64 Å². The van der Waals surface area contributed by atoms with E-state index in [0.717, 1.165) is 70.5 Å². The van der Waals surface area contributed by atoms with Crippen molar-refractivity contribution >= 4 is 34.0 Å². The fourth-order valence-electron chi connectivity index (χ4n) is 7.43. The van der Waals surface area contributed by atoms with Crippen molar-refractivity contribution in [2.45, 2.75) is 19.3 Å². The van der Waals surface area contributed by atoms with E-state index in [2.05, 4.69) is 49.5 Å². The van der Waals surface area contributed by atoms with Crippen molar-refractivity contribution < 1.29 is 14.3 Å². The number of fused-ring (bicyclic) bond motifs is 1. The summed E-state index contributed by atoms with van der Waals surface area (Å²) in [6.45, 7) is 3.66. The van der Waals surface area contributed by atoms with Gasteiger partial charge in [0.1, 0.15) is 12.1 Å². The summed E-state index contributed by atoms with van der Waals surface area (Å²) in [7, 11) is 3.51. The Bertz CT molecular complexity index is 2030. The minimum absolute atomic E-state index is 0.123. The predicted octanol–water partition coefficient (Wildman–Crippen LogP) is 4.78. The van der Waals surface area contributed by atoms with Crippen LogP contribution in [0.2, 0.25) is 0 Å². The third-order valence-corrected chi connectivity index (χ3v) is 10.2. The molecule has 0 saturated carbocycles. The number of nitrogens with zero attached hydrogens (tertiary/aromatic N) is 7. The summed E-state index contributed by atoms with van der Waals surface area (Å²) in [5, 5.41) is 13.0. The number of hydrogen-bond acceptors (Lipinski definition) is 7. The molecule has 0 radical (unpaired) electrons. The molecule has 3 aromatic carbocycles. The highest BCUT2D eigenvalue weighted by Crippen LogP contribution is 2.43. The number of hydrogen-bond donors (Lipinski definition) is 1. The normalized spacial score (nSPS) is 19.9. The SMILES string of the molecule is COc1ccc(-c2n[nH]c3ccc(N4CC[C@]5(CCN(CC(=O)N6CC=C(c7ccc(-c8ncn(C)n8)cc7)CC6)C5)C4=O)cc23)cc1. The number of carbonyl (C=O) groups excluding carboxylic acids is 2. The maximum Gasteiger partial charge on any atom is 0.237 e. The zero-order valence-corrected chi connectivity index (χ0v) is 27.2. The second-order valence-electron chi connectivity index (χ2n) is 13.1. The molecule has 1 atom stereocenters. The Labute approximate surface area is 278 Å². The molecular formula is C37H38N8O3. The quantitative estimate of drug-likeness (QED) is 0.272. The molecule has 8 rings (SSSR count). The number of carbonyl (C=O) groups is 2. The lowest BCUT2D eigenvalue weighted by molar-refractivity contribution is -0.132. The number of methoxy groups -OCH3 is 1. The number of rotatable bonds is 7. The molecule has 0 bridgehead atoms. The van der Waals surface area contributed by atoms with Gasteiger partial charge in [0, 0.05) is 55.4 Å². The summed E-state index contributed by atoms with van der Waals surface area (Å²) in [6.07, 6.45) is 6.23. The molecular weight excluding hydrogens is 604 g/mol. The number of aryl methyl sites for hydroxylation is 1. The fraction of sp³-hybridized carbons (Fsp3) is 0.324. The fourth-order valence-corrected chi connectivity index (χ4v) is 7.43. The van der Waals surface area contributed by atoms with Crippen molar-refractivity contribution in [1.29, 1.82) is 0 Å². The van der Waals surface area contributed by atoms with Gasteiger partial charge in [-0.1, -0.05) is 30.3 Å². The number of amides is 2. The van der Waals surface area contributed by atoms with Crippen LogP contribution in [0, 0.1) is 5.41 Å². The lowest BCUT2D eigenvalue weighted by Gasteiger charge is -2.29. The molecule has 1 N–H and O–H groups in total. The average molecular weight is 643 g/mol. The van der Waals surface area contributed by atoms with E-state index in [0.29, 0.717) is 38.5 Å². The van der Waals surface area contributed by atoms with Gasteiger partial charge >= 0.3 is 0 Å². The van der Waals surface area contributed by atoms with Crippen LogP contribution in [0.15, 0.2) is 79.1 Å². The Morgan fingerprint density at radius 1 is 0.958 bits per heavy atom. The van der Waals surface area contributed by atoms with Crippen LogP contribution in [0.3, 0.4) is 0 Å². The molecule has 244 valence electrons.